The predicted molar refractivity (Wildman–Crippen MR) is 149 cm³/mol. The Bertz CT molecular complexity index is 1490. The number of nitrogens with zero attached hydrogens (tertiary/aromatic N) is 5. The number of halogens is 4. The molecule has 3 heterocycles. The van der Waals surface area contributed by atoms with Gasteiger partial charge in [-0.1, -0.05) is 18.5 Å². The van der Waals surface area contributed by atoms with Crippen molar-refractivity contribution in [2.45, 2.75) is 54.3 Å². The smallest absolute Gasteiger partial charge is 0.419 e. The monoisotopic (exact) mass is 626 g/mol. The zero-order chi connectivity index (χ0) is 30.3. The largest absolute Gasteiger partial charge is 0.425 e. The van der Waals surface area contributed by atoms with Crippen LogP contribution in [0, 0.1) is 11.3 Å². The fourth-order valence-electron chi connectivity index (χ4n) is 5.33. The fourth-order valence-corrected chi connectivity index (χ4v) is 7.55. The predicted octanol–water partition coefficient (Wildman–Crippen LogP) is 4.06. The molecule has 226 valence electrons. The van der Waals surface area contributed by atoms with Gasteiger partial charge in [0.25, 0.3) is 0 Å². The third kappa shape index (κ3) is 6.09. The topological polar surface area (TPSA) is 119 Å². The van der Waals surface area contributed by atoms with Crippen molar-refractivity contribution >= 4 is 39.0 Å². The molecular weight excluding hydrogens is 597 g/mol. The third-order valence-electron chi connectivity index (χ3n) is 7.97. The Kier molecular flexibility index (Phi) is 8.21. The normalized spacial score (nSPS) is 22.5. The molecule has 0 spiro atoms. The molecule has 5 rings (SSSR count). The minimum absolute atomic E-state index is 0.00223. The summed E-state index contributed by atoms with van der Waals surface area (Å²) in [5, 5.41) is 10.4. The van der Waals surface area contributed by atoms with Crippen molar-refractivity contribution in [2.75, 3.05) is 49.1 Å². The summed E-state index contributed by atoms with van der Waals surface area (Å²) in [6.07, 6.45) is -5.60. The van der Waals surface area contributed by atoms with Gasteiger partial charge < -0.3 is 24.8 Å². The van der Waals surface area contributed by atoms with E-state index in [0.29, 0.717) is 12.8 Å². The lowest BCUT2D eigenvalue weighted by Crippen LogP contribution is -2.46. The maximum absolute atomic E-state index is 13.9. The highest BCUT2D eigenvalue weighted by molar-refractivity contribution is 7.92. The van der Waals surface area contributed by atoms with Crippen molar-refractivity contribution in [1.82, 2.24) is 15.2 Å². The molecule has 0 radical (unpaired) electrons. The lowest BCUT2D eigenvalue weighted by molar-refractivity contribution is -0.137. The number of alkyl halides is 3. The molecule has 2 aliphatic heterocycles. The number of rotatable bonds is 7. The van der Waals surface area contributed by atoms with Gasteiger partial charge >= 0.3 is 12.3 Å². The van der Waals surface area contributed by atoms with Crippen LogP contribution in [0.3, 0.4) is 0 Å². The van der Waals surface area contributed by atoms with E-state index in [2.05, 4.69) is 27.0 Å². The van der Waals surface area contributed by atoms with Gasteiger partial charge in [0.05, 0.1) is 26.8 Å². The standard InChI is InChI=1S/C27H30ClF3N6O4S/c1-2-35-10-12-36(13-11-35)18-5-6-22(21(28)14-18)42(39,40)19-15-23(41-25(38)34-26(17-32)7-8-26)37(16-19)24-20(27(29,30)31)4-3-9-33-24/h3-6,9,14,19,23H,2,7-8,10-13,15-16H2,1H3,(H,34,38)/t19-,23-/m1/s1. The molecule has 15 heteroatoms. The van der Waals surface area contributed by atoms with Gasteiger partial charge in [-0.15, -0.1) is 0 Å². The number of nitrogens with one attached hydrogen (secondary N) is 1. The van der Waals surface area contributed by atoms with E-state index in [1.54, 1.807) is 12.1 Å². The molecular formula is C27H30ClF3N6O4S. The maximum Gasteiger partial charge on any atom is 0.419 e. The van der Waals surface area contributed by atoms with E-state index in [4.69, 9.17) is 16.3 Å². The van der Waals surface area contributed by atoms with Gasteiger partial charge in [-0.25, -0.2) is 18.2 Å². The van der Waals surface area contributed by atoms with E-state index in [-0.39, 0.29) is 16.3 Å². The van der Waals surface area contributed by atoms with Gasteiger partial charge in [-0.3, -0.25) is 0 Å². The van der Waals surface area contributed by atoms with Crippen LogP contribution in [-0.2, 0) is 20.8 Å². The molecule has 3 fully saturated rings. The van der Waals surface area contributed by atoms with Crippen molar-refractivity contribution in [3.05, 3.63) is 47.1 Å². The summed E-state index contributed by atoms with van der Waals surface area (Å²) < 4.78 is 74.7. The SMILES string of the molecule is CCN1CCN(c2ccc(S(=O)(=O)[C@@H]3C[C@@H](OC(=O)NC4(C#N)CC4)N(c4ncccc4C(F)(F)F)C3)c(Cl)c2)CC1. The highest BCUT2D eigenvalue weighted by Crippen LogP contribution is 2.41. The molecule has 1 N–H and O–H groups in total. The summed E-state index contributed by atoms with van der Waals surface area (Å²) >= 11 is 6.51. The van der Waals surface area contributed by atoms with Crippen LogP contribution in [0.15, 0.2) is 41.4 Å². The third-order valence-corrected chi connectivity index (χ3v) is 10.6. The highest BCUT2D eigenvalue weighted by atomic mass is 35.5. The number of nitriles is 1. The summed E-state index contributed by atoms with van der Waals surface area (Å²) in [4.78, 5) is 21.8. The number of sulfone groups is 1. The molecule has 2 aromatic rings. The maximum atomic E-state index is 13.9. The van der Waals surface area contributed by atoms with Gasteiger partial charge in [0.1, 0.15) is 11.4 Å². The van der Waals surface area contributed by atoms with Crippen molar-refractivity contribution in [1.29, 1.82) is 5.26 Å². The second-order valence-corrected chi connectivity index (χ2v) is 13.2. The molecule has 1 aromatic carbocycles. The average Bonchev–Trinajstić information content (AvgIpc) is 3.60. The Labute approximate surface area is 246 Å². The number of alkyl carbamates (subject to hydrolysis) is 1. The van der Waals surface area contributed by atoms with Crippen LogP contribution in [0.1, 0.15) is 31.7 Å². The van der Waals surface area contributed by atoms with Crippen molar-refractivity contribution in [3.63, 3.8) is 0 Å². The lowest BCUT2D eigenvalue weighted by Gasteiger charge is -2.35. The van der Waals surface area contributed by atoms with Gasteiger partial charge in [0.2, 0.25) is 0 Å². The van der Waals surface area contributed by atoms with Crippen LogP contribution < -0.4 is 15.1 Å². The fraction of sp³-hybridized carbons (Fsp3) is 0.519. The second-order valence-electron chi connectivity index (χ2n) is 10.6. The molecule has 10 nitrogen and oxygen atoms in total. The van der Waals surface area contributed by atoms with E-state index >= 15 is 0 Å². The number of benzene rings is 1. The lowest BCUT2D eigenvalue weighted by atomic mass is 10.2. The van der Waals surface area contributed by atoms with Crippen molar-refractivity contribution < 1.29 is 31.1 Å². The van der Waals surface area contributed by atoms with E-state index in [1.807, 2.05) is 6.07 Å². The zero-order valence-electron chi connectivity index (χ0n) is 22.8. The molecule has 3 aliphatic rings. The first kappa shape index (κ1) is 30.2. The second kappa shape index (κ2) is 11.4. The summed E-state index contributed by atoms with van der Waals surface area (Å²) in [5.41, 5.74) is -1.42. The summed E-state index contributed by atoms with van der Waals surface area (Å²) in [7, 11) is -4.19. The van der Waals surface area contributed by atoms with E-state index in [0.717, 1.165) is 61.6 Å². The Morgan fingerprint density at radius 2 is 1.95 bits per heavy atom. The Balaban J connectivity index is 1.41. The van der Waals surface area contributed by atoms with Crippen LogP contribution >= 0.6 is 11.6 Å². The number of carbonyl (C=O) groups excluding carboxylic acids is 1. The van der Waals surface area contributed by atoms with Crippen LogP contribution in [0.25, 0.3) is 0 Å². The molecule has 1 aromatic heterocycles. The first-order valence-electron chi connectivity index (χ1n) is 13.6. The van der Waals surface area contributed by atoms with E-state index in [9.17, 15) is 31.6 Å². The molecule has 42 heavy (non-hydrogen) atoms. The van der Waals surface area contributed by atoms with Gasteiger partial charge in [0.15, 0.2) is 16.1 Å². The molecule has 1 aliphatic carbocycles. The first-order valence-corrected chi connectivity index (χ1v) is 15.5. The van der Waals surface area contributed by atoms with Crippen LogP contribution in [0.4, 0.5) is 29.5 Å². The number of aromatic nitrogens is 1. The number of amides is 1. The molecule has 0 bridgehead atoms. The minimum atomic E-state index is -4.80. The molecule has 2 saturated heterocycles. The zero-order valence-corrected chi connectivity index (χ0v) is 24.3. The molecule has 0 unspecified atom stereocenters. The van der Waals surface area contributed by atoms with Crippen molar-refractivity contribution in [2.24, 2.45) is 0 Å². The average molecular weight is 627 g/mol. The van der Waals surface area contributed by atoms with E-state index in [1.165, 1.54) is 6.07 Å². The Hall–Kier alpha value is -3.28. The van der Waals surface area contributed by atoms with Gasteiger partial charge in [0, 0.05) is 51.0 Å². The van der Waals surface area contributed by atoms with Gasteiger partial charge in [-0.05, 0) is 49.7 Å². The number of ether oxygens (including phenoxy) is 1. The number of carbonyl (C=O) groups is 1. The number of anilines is 2. The van der Waals surface area contributed by atoms with Crippen molar-refractivity contribution in [3.8, 4) is 6.07 Å². The van der Waals surface area contributed by atoms with Crippen LogP contribution in [0.2, 0.25) is 5.02 Å². The quantitative estimate of drug-likeness (QED) is 0.485. The summed E-state index contributed by atoms with van der Waals surface area (Å²) in [6, 6.07) is 8.58. The number of likely N-dealkylation sites (N-methyl/N-ethyl adjacent to an activating group) is 1. The first-order chi connectivity index (χ1) is 19.9. The van der Waals surface area contributed by atoms with Gasteiger partial charge in [-0.2, -0.15) is 18.4 Å². The number of hydrogen-bond acceptors (Lipinski definition) is 9. The highest BCUT2D eigenvalue weighted by Gasteiger charge is 2.49. The molecule has 1 saturated carbocycles. The minimum Gasteiger partial charge on any atom is -0.425 e. The number of pyridine rings is 1. The molecule has 2 atom stereocenters. The van der Waals surface area contributed by atoms with E-state index < -0.39 is 57.0 Å². The Morgan fingerprint density at radius 3 is 2.55 bits per heavy atom. The van der Waals surface area contributed by atoms with Crippen LogP contribution in [-0.4, -0.2) is 80.7 Å². The Morgan fingerprint density at radius 1 is 1.24 bits per heavy atom. The number of hydrogen-bond donors (Lipinski definition) is 1. The molecule has 1 amide bonds. The summed E-state index contributed by atoms with van der Waals surface area (Å²) in [6.45, 7) is 5.85. The number of piperazine rings is 1. The summed E-state index contributed by atoms with van der Waals surface area (Å²) in [5.74, 6) is -0.561. The van der Waals surface area contributed by atoms with Crippen LogP contribution in [0.5, 0.6) is 0 Å².